The van der Waals surface area contributed by atoms with E-state index in [0.717, 1.165) is 12.0 Å². The maximum Gasteiger partial charge on any atom is 0.308 e. The van der Waals surface area contributed by atoms with Gasteiger partial charge in [0, 0.05) is 12.7 Å². The largest absolute Gasteiger partial charge is 0.508 e. The zero-order chi connectivity index (χ0) is 15.3. The number of benzene rings is 1. The number of esters is 1. The summed E-state index contributed by atoms with van der Waals surface area (Å²) in [7, 11) is 1.54. The lowest BCUT2D eigenvalue weighted by Crippen LogP contribution is -2.33. The first-order chi connectivity index (χ1) is 9.34. The number of aryl methyl sites for hydroxylation is 1. The predicted molar refractivity (Wildman–Crippen MR) is 77.6 cm³/mol. The number of hydrogen-bond acceptors (Lipinski definition) is 4. The summed E-state index contributed by atoms with van der Waals surface area (Å²) < 4.78 is 10.8. The lowest BCUT2D eigenvalue weighted by Gasteiger charge is -2.29. The Hall–Kier alpha value is -1.55. The second-order valence-electron chi connectivity index (χ2n) is 5.37. The van der Waals surface area contributed by atoms with E-state index in [9.17, 15) is 9.90 Å². The van der Waals surface area contributed by atoms with Crippen molar-refractivity contribution in [1.82, 2.24) is 0 Å². The molecule has 4 heteroatoms. The predicted octanol–water partition coefficient (Wildman–Crippen LogP) is 3.15. The summed E-state index contributed by atoms with van der Waals surface area (Å²) in [5.74, 6) is -0.237. The zero-order valence-corrected chi connectivity index (χ0v) is 12.9. The van der Waals surface area contributed by atoms with E-state index < -0.39 is 5.60 Å². The van der Waals surface area contributed by atoms with E-state index in [1.165, 1.54) is 7.11 Å². The van der Waals surface area contributed by atoms with Crippen LogP contribution < -0.4 is 0 Å². The Morgan fingerprint density at radius 3 is 2.60 bits per heavy atom. The third-order valence-corrected chi connectivity index (χ3v) is 3.68. The number of phenols is 1. The second kappa shape index (κ2) is 6.75. The van der Waals surface area contributed by atoms with E-state index >= 15 is 0 Å². The summed E-state index contributed by atoms with van der Waals surface area (Å²) in [5.41, 5.74) is 0.713. The van der Waals surface area contributed by atoms with Gasteiger partial charge in [0.05, 0.1) is 5.92 Å². The van der Waals surface area contributed by atoms with Crippen LogP contribution in [0, 0.1) is 12.8 Å². The molecule has 2 atom stereocenters. The molecule has 0 saturated heterocycles. The molecule has 0 radical (unpaired) electrons. The molecule has 112 valence electrons. The maximum atomic E-state index is 11.8. The number of ether oxygens (including phenoxy) is 2. The lowest BCUT2D eigenvalue weighted by molar-refractivity contribution is -0.157. The van der Waals surface area contributed by atoms with Crippen LogP contribution in [0.25, 0.3) is 0 Å². The van der Waals surface area contributed by atoms with Crippen LogP contribution in [-0.2, 0) is 19.9 Å². The van der Waals surface area contributed by atoms with Crippen LogP contribution in [0.5, 0.6) is 5.75 Å². The Labute approximate surface area is 120 Å². The number of carbonyl (C=O) groups excluding carboxylic acids is 1. The van der Waals surface area contributed by atoms with Gasteiger partial charge < -0.3 is 14.6 Å². The molecule has 0 spiro atoms. The van der Waals surface area contributed by atoms with E-state index in [0.29, 0.717) is 5.56 Å². The third kappa shape index (κ3) is 3.73. The molecule has 4 nitrogen and oxygen atoms in total. The molecule has 1 N–H and O–H groups in total. The maximum absolute atomic E-state index is 11.8. The van der Waals surface area contributed by atoms with Crippen LogP contribution in [-0.4, -0.2) is 24.8 Å². The normalized spacial score (nSPS) is 15.4. The Bertz CT molecular complexity index is 470. The highest BCUT2D eigenvalue weighted by Gasteiger charge is 2.31. The first-order valence-electron chi connectivity index (χ1n) is 6.86. The fourth-order valence-corrected chi connectivity index (χ4v) is 1.85. The topological polar surface area (TPSA) is 55.8 Å². The molecular weight excluding hydrogens is 256 g/mol. The van der Waals surface area contributed by atoms with E-state index in [4.69, 9.17) is 9.47 Å². The fourth-order valence-electron chi connectivity index (χ4n) is 1.85. The number of phenolic OH excluding ortho intramolecular Hbond substituents is 1. The number of carbonyl (C=O) groups is 1. The Balaban J connectivity index is 2.89. The zero-order valence-electron chi connectivity index (χ0n) is 12.9. The average molecular weight is 280 g/mol. The molecule has 0 aliphatic rings. The molecule has 0 fully saturated rings. The Morgan fingerprint density at radius 2 is 2.10 bits per heavy atom. The van der Waals surface area contributed by atoms with Crippen LogP contribution in [0.1, 0.15) is 38.3 Å². The van der Waals surface area contributed by atoms with Crippen LogP contribution in [0.2, 0.25) is 0 Å². The average Bonchev–Trinajstić information content (AvgIpc) is 2.43. The van der Waals surface area contributed by atoms with Crippen molar-refractivity contribution in [2.45, 2.75) is 39.7 Å². The fraction of sp³-hybridized carbons (Fsp3) is 0.562. The van der Waals surface area contributed by atoms with Gasteiger partial charge in [-0.05, 0) is 31.9 Å². The van der Waals surface area contributed by atoms with E-state index in [2.05, 4.69) is 0 Å². The number of rotatable bonds is 6. The second-order valence-corrected chi connectivity index (χ2v) is 5.37. The summed E-state index contributed by atoms with van der Waals surface area (Å²) in [6, 6.07) is 5.36. The molecule has 1 aromatic rings. The molecule has 2 unspecified atom stereocenters. The SMILES string of the molecule is CCC(C)C(=O)OCC(C)(OC)c1ccc(C)cc1O. The van der Waals surface area contributed by atoms with Crippen molar-refractivity contribution >= 4 is 5.97 Å². The first-order valence-corrected chi connectivity index (χ1v) is 6.86. The highest BCUT2D eigenvalue weighted by Crippen LogP contribution is 2.33. The molecule has 0 bridgehead atoms. The number of methoxy groups -OCH3 is 1. The summed E-state index contributed by atoms with van der Waals surface area (Å²) >= 11 is 0. The number of aromatic hydroxyl groups is 1. The van der Waals surface area contributed by atoms with E-state index in [1.807, 2.05) is 26.8 Å². The first kappa shape index (κ1) is 16.5. The van der Waals surface area contributed by atoms with Gasteiger partial charge in [0.1, 0.15) is 18.0 Å². The van der Waals surface area contributed by atoms with Crippen LogP contribution in [0.4, 0.5) is 0 Å². The van der Waals surface area contributed by atoms with Crippen molar-refractivity contribution in [3.63, 3.8) is 0 Å². The molecule has 0 saturated carbocycles. The Morgan fingerprint density at radius 1 is 1.45 bits per heavy atom. The summed E-state index contributed by atoms with van der Waals surface area (Å²) in [5, 5.41) is 10.1. The van der Waals surface area contributed by atoms with Gasteiger partial charge in [-0.1, -0.05) is 26.0 Å². The van der Waals surface area contributed by atoms with Crippen molar-refractivity contribution in [3.05, 3.63) is 29.3 Å². The molecule has 0 heterocycles. The van der Waals surface area contributed by atoms with Crippen molar-refractivity contribution in [1.29, 1.82) is 0 Å². The lowest BCUT2D eigenvalue weighted by atomic mass is 9.94. The van der Waals surface area contributed by atoms with Gasteiger partial charge in [0.2, 0.25) is 0 Å². The van der Waals surface area contributed by atoms with Gasteiger partial charge in [0.25, 0.3) is 0 Å². The van der Waals surface area contributed by atoms with Crippen molar-refractivity contribution in [3.8, 4) is 5.75 Å². The molecule has 0 amide bonds. The molecular formula is C16H24O4. The molecule has 1 rings (SSSR count). The third-order valence-electron chi connectivity index (χ3n) is 3.68. The minimum Gasteiger partial charge on any atom is -0.508 e. The number of hydrogen-bond donors (Lipinski definition) is 1. The highest BCUT2D eigenvalue weighted by atomic mass is 16.6. The monoisotopic (exact) mass is 280 g/mol. The van der Waals surface area contributed by atoms with E-state index in [1.54, 1.807) is 19.1 Å². The highest BCUT2D eigenvalue weighted by molar-refractivity contribution is 5.72. The standard InChI is InChI=1S/C16H24O4/c1-6-12(3)15(18)20-10-16(4,19-5)13-8-7-11(2)9-14(13)17/h7-9,12,17H,6,10H2,1-5H3. The summed E-state index contributed by atoms with van der Waals surface area (Å²) in [6.45, 7) is 7.53. The van der Waals surface area contributed by atoms with Gasteiger partial charge in [-0.15, -0.1) is 0 Å². The van der Waals surface area contributed by atoms with Gasteiger partial charge in [-0.3, -0.25) is 4.79 Å². The van der Waals surface area contributed by atoms with Crippen LogP contribution >= 0.6 is 0 Å². The molecule has 20 heavy (non-hydrogen) atoms. The minimum absolute atomic E-state index is 0.0727. The summed E-state index contributed by atoms with van der Waals surface area (Å²) in [6.07, 6.45) is 0.734. The van der Waals surface area contributed by atoms with Crippen LogP contribution in [0.15, 0.2) is 18.2 Å². The Kier molecular flexibility index (Phi) is 5.57. The molecule has 1 aromatic carbocycles. The smallest absolute Gasteiger partial charge is 0.308 e. The molecule has 0 aromatic heterocycles. The molecule has 0 aliphatic heterocycles. The summed E-state index contributed by atoms with van der Waals surface area (Å²) in [4.78, 5) is 11.8. The quantitative estimate of drug-likeness (QED) is 0.813. The molecule has 0 aliphatic carbocycles. The van der Waals surface area contributed by atoms with Crippen LogP contribution in [0.3, 0.4) is 0 Å². The van der Waals surface area contributed by atoms with E-state index in [-0.39, 0.29) is 24.2 Å². The van der Waals surface area contributed by atoms with Gasteiger partial charge >= 0.3 is 5.97 Å². The van der Waals surface area contributed by atoms with Crippen molar-refractivity contribution < 1.29 is 19.4 Å². The van der Waals surface area contributed by atoms with Gasteiger partial charge in [0.15, 0.2) is 0 Å². The van der Waals surface area contributed by atoms with Crippen molar-refractivity contribution in [2.24, 2.45) is 5.92 Å². The van der Waals surface area contributed by atoms with Crippen molar-refractivity contribution in [2.75, 3.05) is 13.7 Å². The van der Waals surface area contributed by atoms with Gasteiger partial charge in [-0.2, -0.15) is 0 Å². The van der Waals surface area contributed by atoms with Gasteiger partial charge in [-0.25, -0.2) is 0 Å². The minimum atomic E-state index is -0.860.